The van der Waals surface area contributed by atoms with Gasteiger partial charge in [0.15, 0.2) is 0 Å². The van der Waals surface area contributed by atoms with Gasteiger partial charge in [0.05, 0.1) is 14.2 Å². The summed E-state index contributed by atoms with van der Waals surface area (Å²) < 4.78 is 10.5. The first kappa shape index (κ1) is 13.1. The van der Waals surface area contributed by atoms with E-state index < -0.39 is 0 Å². The molecule has 2 nitrogen and oxygen atoms in total. The molecule has 0 saturated carbocycles. The molecule has 0 bridgehead atoms. The lowest BCUT2D eigenvalue weighted by molar-refractivity contribution is 0.413. The van der Waals surface area contributed by atoms with Crippen molar-refractivity contribution in [3.8, 4) is 11.5 Å². The van der Waals surface area contributed by atoms with Gasteiger partial charge in [-0.25, -0.2) is 0 Å². The van der Waals surface area contributed by atoms with E-state index in [2.05, 4.69) is 30.3 Å². The first-order chi connectivity index (χ1) is 9.80. The molecule has 0 atom stereocenters. The van der Waals surface area contributed by atoms with Crippen LogP contribution < -0.4 is 9.47 Å². The Balaban J connectivity index is 1.91. The zero-order valence-electron chi connectivity index (χ0n) is 11.6. The van der Waals surface area contributed by atoms with Gasteiger partial charge in [-0.15, -0.1) is 11.8 Å². The van der Waals surface area contributed by atoms with Gasteiger partial charge >= 0.3 is 0 Å². The highest BCUT2D eigenvalue weighted by Gasteiger charge is 2.17. The van der Waals surface area contributed by atoms with Crippen LogP contribution in [0.15, 0.2) is 47.4 Å². The molecule has 3 heteroatoms. The Labute approximate surface area is 123 Å². The zero-order chi connectivity index (χ0) is 13.9. The minimum Gasteiger partial charge on any atom is -0.497 e. The quantitative estimate of drug-likeness (QED) is 0.835. The van der Waals surface area contributed by atoms with Crippen molar-refractivity contribution >= 4 is 23.4 Å². The summed E-state index contributed by atoms with van der Waals surface area (Å²) in [6.45, 7) is 0. The van der Waals surface area contributed by atoms with Crippen molar-refractivity contribution in [3.05, 3.63) is 53.6 Å². The third-order valence-corrected chi connectivity index (χ3v) is 4.48. The number of methoxy groups -OCH3 is 2. The molecule has 1 heterocycles. The third-order valence-electron chi connectivity index (χ3n) is 3.37. The van der Waals surface area contributed by atoms with E-state index in [1.54, 1.807) is 14.2 Å². The van der Waals surface area contributed by atoms with E-state index >= 15 is 0 Å². The maximum atomic E-state index is 5.27. The summed E-state index contributed by atoms with van der Waals surface area (Å²) in [5.74, 6) is 2.81. The molecule has 0 amide bonds. The van der Waals surface area contributed by atoms with Crippen molar-refractivity contribution in [1.82, 2.24) is 0 Å². The van der Waals surface area contributed by atoms with Crippen molar-refractivity contribution in [2.75, 3.05) is 20.0 Å². The molecule has 2 aromatic carbocycles. The van der Waals surface area contributed by atoms with Crippen molar-refractivity contribution in [3.63, 3.8) is 0 Å². The predicted molar refractivity (Wildman–Crippen MR) is 84.6 cm³/mol. The number of hydrogen-bond donors (Lipinski definition) is 0. The van der Waals surface area contributed by atoms with Gasteiger partial charge in [0.2, 0.25) is 0 Å². The minimum atomic E-state index is 0.887. The number of ether oxygens (including phenoxy) is 2. The predicted octanol–water partition coefficient (Wildman–Crippen LogP) is 4.35. The molecule has 0 spiro atoms. The van der Waals surface area contributed by atoms with Crippen molar-refractivity contribution in [2.45, 2.75) is 4.90 Å². The number of rotatable bonds is 3. The summed E-state index contributed by atoms with van der Waals surface area (Å²) in [6.07, 6.45) is 2.24. The highest BCUT2D eigenvalue weighted by atomic mass is 32.2. The van der Waals surface area contributed by atoms with Crippen molar-refractivity contribution in [1.29, 1.82) is 0 Å². The van der Waals surface area contributed by atoms with E-state index in [9.17, 15) is 0 Å². The fourth-order valence-corrected chi connectivity index (χ4v) is 3.37. The van der Waals surface area contributed by atoms with Gasteiger partial charge in [0.25, 0.3) is 0 Å². The van der Waals surface area contributed by atoms with Gasteiger partial charge in [0, 0.05) is 10.6 Å². The monoisotopic (exact) mass is 284 g/mol. The van der Waals surface area contributed by atoms with E-state index in [4.69, 9.17) is 9.47 Å². The van der Waals surface area contributed by atoms with Gasteiger partial charge in [0.1, 0.15) is 11.5 Å². The number of thioether (sulfide) groups is 1. The van der Waals surface area contributed by atoms with Crippen LogP contribution in [0, 0.1) is 0 Å². The van der Waals surface area contributed by atoms with Crippen LogP contribution in [0.4, 0.5) is 0 Å². The maximum Gasteiger partial charge on any atom is 0.120 e. The maximum absolute atomic E-state index is 5.27. The Morgan fingerprint density at radius 1 is 0.950 bits per heavy atom. The molecule has 20 heavy (non-hydrogen) atoms. The molecule has 2 aromatic rings. The van der Waals surface area contributed by atoms with Gasteiger partial charge in [-0.1, -0.05) is 18.2 Å². The molecule has 3 rings (SSSR count). The topological polar surface area (TPSA) is 18.5 Å². The zero-order valence-corrected chi connectivity index (χ0v) is 12.4. The Hall–Kier alpha value is -1.87. The van der Waals surface area contributed by atoms with Crippen molar-refractivity contribution in [2.24, 2.45) is 0 Å². The molecule has 0 saturated heterocycles. The average Bonchev–Trinajstić information content (AvgIpc) is 2.90. The number of fused-ring (bicyclic) bond motifs is 1. The largest absolute Gasteiger partial charge is 0.497 e. The van der Waals surface area contributed by atoms with Gasteiger partial charge in [-0.05, 0) is 47.0 Å². The standard InChI is InChI=1S/C17H16O2S/c1-18-14-5-3-12(4-6-14)9-13-11-20-17-10-15(19-2)7-8-16(13)17/h3-10H,11H2,1-2H3. The molecule has 0 fully saturated rings. The molecule has 1 aliphatic rings. The summed E-state index contributed by atoms with van der Waals surface area (Å²) in [4.78, 5) is 1.30. The van der Waals surface area contributed by atoms with E-state index in [0.29, 0.717) is 0 Å². The summed E-state index contributed by atoms with van der Waals surface area (Å²) in [5.41, 5.74) is 3.87. The molecule has 0 radical (unpaired) electrons. The molecule has 0 aromatic heterocycles. The summed E-state index contributed by atoms with van der Waals surface area (Å²) in [7, 11) is 3.39. The summed E-state index contributed by atoms with van der Waals surface area (Å²) in [6, 6.07) is 14.4. The van der Waals surface area contributed by atoms with Crippen LogP contribution >= 0.6 is 11.8 Å². The van der Waals surface area contributed by atoms with Gasteiger partial charge in [-0.3, -0.25) is 0 Å². The molecule has 0 aliphatic carbocycles. The average molecular weight is 284 g/mol. The van der Waals surface area contributed by atoms with E-state index in [0.717, 1.165) is 17.3 Å². The van der Waals surface area contributed by atoms with E-state index in [1.807, 2.05) is 30.0 Å². The molecule has 1 aliphatic heterocycles. The van der Waals surface area contributed by atoms with Crippen molar-refractivity contribution < 1.29 is 9.47 Å². The summed E-state index contributed by atoms with van der Waals surface area (Å²) in [5, 5.41) is 0. The van der Waals surface area contributed by atoms with Crippen LogP contribution in [0.1, 0.15) is 11.1 Å². The summed E-state index contributed by atoms with van der Waals surface area (Å²) >= 11 is 1.86. The van der Waals surface area contributed by atoms with Crippen LogP contribution in [-0.4, -0.2) is 20.0 Å². The highest BCUT2D eigenvalue weighted by molar-refractivity contribution is 8.00. The Bertz CT molecular complexity index is 645. The lowest BCUT2D eigenvalue weighted by Crippen LogP contribution is -1.86. The first-order valence-corrected chi connectivity index (χ1v) is 7.44. The first-order valence-electron chi connectivity index (χ1n) is 6.46. The second-order valence-corrected chi connectivity index (χ2v) is 5.61. The van der Waals surface area contributed by atoms with E-state index in [1.165, 1.54) is 21.6 Å². The fraction of sp³-hybridized carbons (Fsp3) is 0.176. The van der Waals surface area contributed by atoms with Gasteiger partial charge in [-0.2, -0.15) is 0 Å². The van der Waals surface area contributed by atoms with Gasteiger partial charge < -0.3 is 9.47 Å². The minimum absolute atomic E-state index is 0.887. The normalized spacial score (nSPS) is 15.2. The van der Waals surface area contributed by atoms with Crippen LogP contribution in [0.2, 0.25) is 0 Å². The molecule has 102 valence electrons. The molecular weight excluding hydrogens is 268 g/mol. The lowest BCUT2D eigenvalue weighted by Gasteiger charge is -2.04. The second kappa shape index (κ2) is 5.63. The number of hydrogen-bond acceptors (Lipinski definition) is 3. The van der Waals surface area contributed by atoms with E-state index in [-0.39, 0.29) is 0 Å². The van der Waals surface area contributed by atoms with Crippen LogP contribution in [0.3, 0.4) is 0 Å². The fourth-order valence-electron chi connectivity index (χ4n) is 2.27. The Morgan fingerprint density at radius 2 is 1.65 bits per heavy atom. The lowest BCUT2D eigenvalue weighted by atomic mass is 10.0. The second-order valence-electron chi connectivity index (χ2n) is 4.59. The SMILES string of the molecule is COc1ccc(C=C2CSc3cc(OC)ccc32)cc1. The van der Waals surface area contributed by atoms with Crippen LogP contribution in [0.5, 0.6) is 11.5 Å². The van der Waals surface area contributed by atoms with Crippen LogP contribution in [-0.2, 0) is 0 Å². The molecular formula is C17H16O2S. The smallest absolute Gasteiger partial charge is 0.120 e. The molecule has 0 unspecified atom stereocenters. The number of benzene rings is 2. The Kier molecular flexibility index (Phi) is 3.70. The van der Waals surface area contributed by atoms with Crippen LogP contribution in [0.25, 0.3) is 11.6 Å². The third kappa shape index (κ3) is 2.54. The molecule has 0 N–H and O–H groups in total. The Morgan fingerprint density at radius 3 is 2.35 bits per heavy atom. The highest BCUT2D eigenvalue weighted by Crippen LogP contribution is 2.41.